The van der Waals surface area contributed by atoms with Gasteiger partial charge in [0.2, 0.25) is 5.91 Å². The van der Waals surface area contributed by atoms with E-state index in [9.17, 15) is 13.2 Å². The topological polar surface area (TPSA) is 76.1 Å². The first kappa shape index (κ1) is 17.8. The molecule has 0 aliphatic rings. The van der Waals surface area contributed by atoms with Gasteiger partial charge in [-0.3, -0.25) is 4.79 Å². The van der Waals surface area contributed by atoms with Crippen LogP contribution in [0.5, 0.6) is 0 Å². The molecule has 0 fully saturated rings. The number of sulfone groups is 1. The molecule has 1 aromatic heterocycles. The summed E-state index contributed by atoms with van der Waals surface area (Å²) in [6.45, 7) is 0.318. The average molecular weight is 366 g/mol. The molecule has 0 aliphatic heterocycles. The van der Waals surface area contributed by atoms with Gasteiger partial charge in [0.1, 0.15) is 0 Å². The van der Waals surface area contributed by atoms with E-state index in [2.05, 4.69) is 10.3 Å². The minimum absolute atomic E-state index is 0.243. The first-order valence-electron chi connectivity index (χ1n) is 8.02. The zero-order valence-corrected chi connectivity index (χ0v) is 15.0. The molecule has 0 saturated carbocycles. The molecule has 26 heavy (non-hydrogen) atoms. The van der Waals surface area contributed by atoms with Gasteiger partial charge in [0.05, 0.1) is 16.1 Å². The van der Waals surface area contributed by atoms with E-state index < -0.39 is 9.84 Å². The van der Waals surface area contributed by atoms with Crippen molar-refractivity contribution in [2.45, 2.75) is 11.4 Å². The summed E-state index contributed by atoms with van der Waals surface area (Å²) in [4.78, 5) is 16.7. The van der Waals surface area contributed by atoms with E-state index in [4.69, 9.17) is 0 Å². The maximum atomic E-state index is 12.0. The van der Waals surface area contributed by atoms with Crippen molar-refractivity contribution >= 4 is 32.7 Å². The average Bonchev–Trinajstić information content (AvgIpc) is 2.64. The predicted octanol–water partition coefficient (Wildman–Crippen LogP) is 2.97. The number of carbonyl (C=O) groups excluding carboxylic acids is 1. The van der Waals surface area contributed by atoms with Crippen LogP contribution in [0, 0.1) is 0 Å². The number of nitrogens with one attached hydrogen (secondary N) is 1. The van der Waals surface area contributed by atoms with Crippen molar-refractivity contribution in [2.75, 3.05) is 6.26 Å². The quantitative estimate of drug-likeness (QED) is 0.705. The van der Waals surface area contributed by atoms with E-state index in [1.54, 1.807) is 18.2 Å². The first-order chi connectivity index (χ1) is 12.4. The van der Waals surface area contributed by atoms with Crippen LogP contribution in [-0.4, -0.2) is 25.6 Å². The van der Waals surface area contributed by atoms with E-state index in [1.807, 2.05) is 36.4 Å². The van der Waals surface area contributed by atoms with Crippen molar-refractivity contribution < 1.29 is 13.2 Å². The number of carbonyl (C=O) groups is 1. The van der Waals surface area contributed by atoms with Gasteiger partial charge >= 0.3 is 0 Å². The zero-order valence-electron chi connectivity index (χ0n) is 14.2. The Bertz CT molecular complexity index is 1070. The van der Waals surface area contributed by atoms with Crippen LogP contribution in [0.4, 0.5) is 0 Å². The molecule has 3 rings (SSSR count). The maximum absolute atomic E-state index is 12.0. The molecule has 0 radical (unpaired) electrons. The molecule has 132 valence electrons. The molecule has 5 nitrogen and oxygen atoms in total. The second-order valence-corrected chi connectivity index (χ2v) is 7.91. The Morgan fingerprint density at radius 1 is 1.04 bits per heavy atom. The molecule has 6 heteroatoms. The number of benzene rings is 2. The summed E-state index contributed by atoms with van der Waals surface area (Å²) in [6, 6.07) is 18.0. The Hall–Kier alpha value is -2.99. The Morgan fingerprint density at radius 2 is 1.77 bits per heavy atom. The van der Waals surface area contributed by atoms with Crippen LogP contribution >= 0.6 is 0 Å². The number of hydrogen-bond acceptors (Lipinski definition) is 4. The molecule has 0 saturated heterocycles. The van der Waals surface area contributed by atoms with Crippen LogP contribution in [0.1, 0.15) is 11.3 Å². The zero-order chi connectivity index (χ0) is 18.6. The Kier molecular flexibility index (Phi) is 5.14. The van der Waals surface area contributed by atoms with Crippen LogP contribution in [0.15, 0.2) is 71.6 Å². The maximum Gasteiger partial charge on any atom is 0.244 e. The Balaban J connectivity index is 1.60. The molecule has 0 spiro atoms. The van der Waals surface area contributed by atoms with Crippen molar-refractivity contribution in [3.05, 3.63) is 78.0 Å². The van der Waals surface area contributed by atoms with E-state index >= 15 is 0 Å². The summed E-state index contributed by atoms with van der Waals surface area (Å²) in [5, 5.41) is 3.81. The lowest BCUT2D eigenvalue weighted by atomic mass is 10.2. The van der Waals surface area contributed by atoms with Crippen LogP contribution < -0.4 is 5.32 Å². The summed E-state index contributed by atoms with van der Waals surface area (Å²) >= 11 is 0. The van der Waals surface area contributed by atoms with Gasteiger partial charge < -0.3 is 5.32 Å². The second-order valence-electron chi connectivity index (χ2n) is 5.90. The SMILES string of the molecule is CS(=O)(=O)c1ccc(CNC(=O)/C=C/c2ccc3ccccc3n2)cc1. The summed E-state index contributed by atoms with van der Waals surface area (Å²) in [5.41, 5.74) is 2.40. The van der Waals surface area contributed by atoms with Crippen LogP contribution in [0.2, 0.25) is 0 Å². The fourth-order valence-electron chi connectivity index (χ4n) is 2.44. The largest absolute Gasteiger partial charge is 0.348 e. The van der Waals surface area contributed by atoms with Crippen LogP contribution in [-0.2, 0) is 21.2 Å². The Labute approximate surface area is 152 Å². The van der Waals surface area contributed by atoms with E-state index in [0.29, 0.717) is 12.2 Å². The standard InChI is InChI=1S/C20H18N2O3S/c1-26(24,25)18-11-6-15(7-12-18)14-21-20(23)13-10-17-9-8-16-4-2-3-5-19(16)22-17/h2-13H,14H2,1H3,(H,21,23)/b13-10+. The molecule has 0 unspecified atom stereocenters. The summed E-state index contributed by atoms with van der Waals surface area (Å²) in [7, 11) is -3.21. The van der Waals surface area contributed by atoms with Crippen molar-refractivity contribution in [3.8, 4) is 0 Å². The molecule has 0 aliphatic carbocycles. The van der Waals surface area contributed by atoms with Crippen molar-refractivity contribution in [1.82, 2.24) is 10.3 Å². The normalized spacial score (nSPS) is 11.7. The van der Waals surface area contributed by atoms with Gasteiger partial charge in [-0.25, -0.2) is 13.4 Å². The monoisotopic (exact) mass is 366 g/mol. The van der Waals surface area contributed by atoms with Gasteiger partial charge in [-0.05, 0) is 35.9 Å². The third kappa shape index (κ3) is 4.55. The molecule has 3 aromatic rings. The van der Waals surface area contributed by atoms with Gasteiger partial charge in [-0.2, -0.15) is 0 Å². The summed E-state index contributed by atoms with van der Waals surface area (Å²) in [5.74, 6) is -0.243. The third-order valence-electron chi connectivity index (χ3n) is 3.84. The van der Waals surface area contributed by atoms with Gasteiger partial charge in [0.25, 0.3) is 0 Å². The van der Waals surface area contributed by atoms with Crippen LogP contribution in [0.25, 0.3) is 17.0 Å². The molecular formula is C20H18N2O3S. The summed E-state index contributed by atoms with van der Waals surface area (Å²) < 4.78 is 22.9. The van der Waals surface area contributed by atoms with Gasteiger partial charge in [0.15, 0.2) is 9.84 Å². The van der Waals surface area contributed by atoms with Gasteiger partial charge in [0, 0.05) is 24.3 Å². The number of para-hydroxylation sites is 1. The van der Waals surface area contributed by atoms with Crippen molar-refractivity contribution in [2.24, 2.45) is 0 Å². The highest BCUT2D eigenvalue weighted by molar-refractivity contribution is 7.90. The Morgan fingerprint density at radius 3 is 2.50 bits per heavy atom. The van der Waals surface area contributed by atoms with E-state index in [-0.39, 0.29) is 10.8 Å². The molecule has 2 aromatic carbocycles. The van der Waals surface area contributed by atoms with Crippen molar-refractivity contribution in [1.29, 1.82) is 0 Å². The molecule has 1 heterocycles. The summed E-state index contributed by atoms with van der Waals surface area (Å²) in [6.07, 6.45) is 4.26. The lowest BCUT2D eigenvalue weighted by Crippen LogP contribution is -2.20. The number of rotatable bonds is 5. The van der Waals surface area contributed by atoms with Gasteiger partial charge in [-0.1, -0.05) is 36.4 Å². The lowest BCUT2D eigenvalue weighted by Gasteiger charge is -2.04. The highest BCUT2D eigenvalue weighted by Crippen LogP contribution is 2.13. The van der Waals surface area contributed by atoms with E-state index in [0.717, 1.165) is 22.7 Å². The highest BCUT2D eigenvalue weighted by atomic mass is 32.2. The number of amides is 1. The number of fused-ring (bicyclic) bond motifs is 1. The predicted molar refractivity (Wildman–Crippen MR) is 102 cm³/mol. The smallest absolute Gasteiger partial charge is 0.244 e. The lowest BCUT2D eigenvalue weighted by molar-refractivity contribution is -0.116. The van der Waals surface area contributed by atoms with Gasteiger partial charge in [-0.15, -0.1) is 0 Å². The molecule has 1 amide bonds. The first-order valence-corrected chi connectivity index (χ1v) is 9.92. The highest BCUT2D eigenvalue weighted by Gasteiger charge is 2.06. The fraction of sp³-hybridized carbons (Fsp3) is 0.100. The second kappa shape index (κ2) is 7.49. The number of aromatic nitrogens is 1. The molecule has 1 N–H and O–H groups in total. The number of hydrogen-bond donors (Lipinski definition) is 1. The number of nitrogens with zero attached hydrogens (tertiary/aromatic N) is 1. The molecule has 0 bridgehead atoms. The number of pyridine rings is 1. The minimum atomic E-state index is -3.21. The van der Waals surface area contributed by atoms with Crippen LogP contribution in [0.3, 0.4) is 0 Å². The van der Waals surface area contributed by atoms with E-state index in [1.165, 1.54) is 18.2 Å². The fourth-order valence-corrected chi connectivity index (χ4v) is 3.07. The minimum Gasteiger partial charge on any atom is -0.348 e. The van der Waals surface area contributed by atoms with Crippen molar-refractivity contribution in [3.63, 3.8) is 0 Å². The molecule has 0 atom stereocenters. The molecular weight excluding hydrogens is 348 g/mol. The third-order valence-corrected chi connectivity index (χ3v) is 4.97.